The van der Waals surface area contributed by atoms with E-state index in [1.807, 2.05) is 0 Å². The van der Waals surface area contributed by atoms with Gasteiger partial charge in [0.15, 0.2) is 0 Å². The SMILES string of the molecule is C1=NC(c2ccccc2)=CN(C2CCCC2)C1(c1ccccc1)C1CCCC1. The van der Waals surface area contributed by atoms with Crippen molar-refractivity contribution in [1.82, 2.24) is 4.90 Å². The second-order valence-corrected chi connectivity index (χ2v) is 8.66. The summed E-state index contributed by atoms with van der Waals surface area (Å²) < 4.78 is 0. The summed E-state index contributed by atoms with van der Waals surface area (Å²) in [7, 11) is 0. The average Bonchev–Trinajstić information content (AvgIpc) is 3.49. The van der Waals surface area contributed by atoms with Crippen LogP contribution in [0.5, 0.6) is 0 Å². The van der Waals surface area contributed by atoms with E-state index < -0.39 is 0 Å². The summed E-state index contributed by atoms with van der Waals surface area (Å²) in [5.41, 5.74) is 3.65. The fraction of sp³-hybridized carbons (Fsp3) is 0.423. The number of rotatable bonds is 4. The summed E-state index contributed by atoms with van der Waals surface area (Å²) in [6.07, 6.45) is 15.3. The number of aliphatic imine (C=N–C) groups is 1. The maximum absolute atomic E-state index is 5.09. The van der Waals surface area contributed by atoms with Gasteiger partial charge in [-0.15, -0.1) is 0 Å². The van der Waals surface area contributed by atoms with Crippen LogP contribution >= 0.6 is 0 Å². The van der Waals surface area contributed by atoms with Crippen molar-refractivity contribution in [1.29, 1.82) is 0 Å². The average molecular weight is 371 g/mol. The highest BCUT2D eigenvalue weighted by atomic mass is 15.2. The van der Waals surface area contributed by atoms with E-state index in [0.29, 0.717) is 12.0 Å². The third-order valence-electron chi connectivity index (χ3n) is 7.09. The molecule has 0 bridgehead atoms. The predicted molar refractivity (Wildman–Crippen MR) is 117 cm³/mol. The van der Waals surface area contributed by atoms with Crippen LogP contribution in [0, 0.1) is 5.92 Å². The molecule has 28 heavy (non-hydrogen) atoms. The zero-order chi connectivity index (χ0) is 18.8. The second kappa shape index (κ2) is 7.58. The van der Waals surface area contributed by atoms with Gasteiger partial charge in [0.25, 0.3) is 0 Å². The lowest BCUT2D eigenvalue weighted by Gasteiger charge is -2.50. The quantitative estimate of drug-likeness (QED) is 0.608. The molecular weight excluding hydrogens is 340 g/mol. The highest BCUT2D eigenvalue weighted by Crippen LogP contribution is 2.48. The van der Waals surface area contributed by atoms with Gasteiger partial charge in [0, 0.05) is 24.0 Å². The molecule has 2 aromatic rings. The van der Waals surface area contributed by atoms with E-state index >= 15 is 0 Å². The van der Waals surface area contributed by atoms with Crippen molar-refractivity contribution in [2.24, 2.45) is 10.9 Å². The molecule has 2 nitrogen and oxygen atoms in total. The van der Waals surface area contributed by atoms with E-state index in [1.165, 1.54) is 62.5 Å². The topological polar surface area (TPSA) is 15.6 Å². The minimum atomic E-state index is -0.0922. The van der Waals surface area contributed by atoms with Gasteiger partial charge in [0.1, 0.15) is 5.54 Å². The number of hydrogen-bond donors (Lipinski definition) is 0. The molecule has 0 amide bonds. The Morgan fingerprint density at radius 2 is 1.36 bits per heavy atom. The van der Waals surface area contributed by atoms with Gasteiger partial charge in [0.2, 0.25) is 0 Å². The molecule has 0 radical (unpaired) electrons. The van der Waals surface area contributed by atoms with Crippen molar-refractivity contribution in [3.8, 4) is 0 Å². The smallest absolute Gasteiger partial charge is 0.103 e. The first-order valence-corrected chi connectivity index (χ1v) is 11.0. The Morgan fingerprint density at radius 3 is 2.04 bits per heavy atom. The minimum absolute atomic E-state index is 0.0922. The minimum Gasteiger partial charge on any atom is -0.358 e. The van der Waals surface area contributed by atoms with E-state index in [2.05, 4.69) is 78.0 Å². The van der Waals surface area contributed by atoms with Crippen LogP contribution in [0.15, 0.2) is 71.9 Å². The Bertz CT molecular complexity index is 843. The van der Waals surface area contributed by atoms with Gasteiger partial charge in [-0.1, -0.05) is 86.3 Å². The van der Waals surface area contributed by atoms with Crippen molar-refractivity contribution in [2.45, 2.75) is 62.9 Å². The third kappa shape index (κ3) is 2.99. The van der Waals surface area contributed by atoms with Gasteiger partial charge in [-0.25, -0.2) is 0 Å². The number of hydrogen-bond acceptors (Lipinski definition) is 2. The summed E-state index contributed by atoms with van der Waals surface area (Å²) in [5, 5.41) is 0. The fourth-order valence-electron chi connectivity index (χ4n) is 5.70. The molecule has 2 saturated carbocycles. The molecule has 0 N–H and O–H groups in total. The van der Waals surface area contributed by atoms with E-state index in [-0.39, 0.29) is 5.54 Å². The van der Waals surface area contributed by atoms with Gasteiger partial charge in [-0.05, 0) is 37.2 Å². The third-order valence-corrected chi connectivity index (χ3v) is 7.09. The van der Waals surface area contributed by atoms with Crippen LogP contribution in [-0.2, 0) is 5.54 Å². The summed E-state index contributed by atoms with van der Waals surface area (Å²) in [5.74, 6) is 0.646. The van der Waals surface area contributed by atoms with Crippen LogP contribution < -0.4 is 0 Å². The highest BCUT2D eigenvalue weighted by Gasteiger charge is 2.48. The van der Waals surface area contributed by atoms with Crippen LogP contribution in [-0.4, -0.2) is 17.2 Å². The maximum atomic E-state index is 5.09. The van der Waals surface area contributed by atoms with Crippen molar-refractivity contribution < 1.29 is 0 Å². The molecule has 1 aliphatic heterocycles. The summed E-state index contributed by atoms with van der Waals surface area (Å²) in [4.78, 5) is 7.83. The zero-order valence-electron chi connectivity index (χ0n) is 16.6. The lowest BCUT2D eigenvalue weighted by molar-refractivity contribution is 0.101. The molecule has 5 rings (SSSR count). The molecule has 1 unspecified atom stereocenters. The standard InChI is InChI=1S/C26H30N2/c1-3-11-21(12-4-1)25-19-28(24-17-9-10-18-24)26(20-27-25,23-15-7-8-16-23)22-13-5-2-6-14-22/h1-6,11-14,19-20,23-24H,7-10,15-18H2. The maximum Gasteiger partial charge on any atom is 0.103 e. The van der Waals surface area contributed by atoms with Gasteiger partial charge >= 0.3 is 0 Å². The van der Waals surface area contributed by atoms with Gasteiger partial charge < -0.3 is 4.90 Å². The van der Waals surface area contributed by atoms with Gasteiger partial charge in [-0.2, -0.15) is 0 Å². The molecule has 0 spiro atoms. The van der Waals surface area contributed by atoms with E-state index in [1.54, 1.807) is 0 Å². The Balaban J connectivity index is 1.64. The Hall–Kier alpha value is -2.35. The lowest BCUT2D eigenvalue weighted by atomic mass is 9.74. The van der Waals surface area contributed by atoms with E-state index in [9.17, 15) is 0 Å². The molecular formula is C26H30N2. The molecule has 0 saturated heterocycles. The highest BCUT2D eigenvalue weighted by molar-refractivity contribution is 5.84. The summed E-state index contributed by atoms with van der Waals surface area (Å²) >= 11 is 0. The molecule has 144 valence electrons. The van der Waals surface area contributed by atoms with Crippen LogP contribution in [0.2, 0.25) is 0 Å². The fourth-order valence-corrected chi connectivity index (χ4v) is 5.70. The predicted octanol–water partition coefficient (Wildman–Crippen LogP) is 6.40. The molecule has 2 aromatic carbocycles. The monoisotopic (exact) mass is 370 g/mol. The van der Waals surface area contributed by atoms with Crippen molar-refractivity contribution in [2.75, 3.05) is 0 Å². The zero-order valence-corrected chi connectivity index (χ0v) is 16.6. The number of nitrogens with zero attached hydrogens (tertiary/aromatic N) is 2. The Kier molecular flexibility index (Phi) is 4.80. The normalized spacial score (nSPS) is 26.0. The largest absolute Gasteiger partial charge is 0.358 e. The first-order valence-electron chi connectivity index (χ1n) is 11.0. The van der Waals surface area contributed by atoms with Crippen molar-refractivity contribution >= 4 is 11.9 Å². The van der Waals surface area contributed by atoms with Crippen molar-refractivity contribution in [3.05, 3.63) is 78.0 Å². The second-order valence-electron chi connectivity index (χ2n) is 8.66. The molecule has 2 fully saturated rings. The molecule has 0 aromatic heterocycles. The van der Waals surface area contributed by atoms with Crippen molar-refractivity contribution in [3.63, 3.8) is 0 Å². The Morgan fingerprint density at radius 1 is 0.750 bits per heavy atom. The van der Waals surface area contributed by atoms with Crippen LogP contribution in [0.4, 0.5) is 0 Å². The first-order chi connectivity index (χ1) is 13.9. The van der Waals surface area contributed by atoms with Gasteiger partial charge in [0.05, 0.1) is 5.70 Å². The molecule has 2 heteroatoms. The number of benzene rings is 2. The molecule has 3 aliphatic rings. The van der Waals surface area contributed by atoms with E-state index in [0.717, 1.165) is 5.70 Å². The van der Waals surface area contributed by atoms with Gasteiger partial charge in [-0.3, -0.25) is 4.99 Å². The summed E-state index contributed by atoms with van der Waals surface area (Å²) in [6.45, 7) is 0. The van der Waals surface area contributed by atoms with E-state index in [4.69, 9.17) is 4.99 Å². The van der Waals surface area contributed by atoms with Crippen LogP contribution in [0.1, 0.15) is 62.5 Å². The Labute approximate surface area is 169 Å². The van der Waals surface area contributed by atoms with Crippen LogP contribution in [0.25, 0.3) is 5.70 Å². The first kappa shape index (κ1) is 17.7. The molecule has 1 atom stereocenters. The molecule has 2 aliphatic carbocycles. The lowest BCUT2D eigenvalue weighted by Crippen LogP contribution is -2.54. The molecule has 1 heterocycles. The van der Waals surface area contributed by atoms with Crippen LogP contribution in [0.3, 0.4) is 0 Å². The summed E-state index contributed by atoms with van der Waals surface area (Å²) in [6, 6.07) is 22.5.